The van der Waals surface area contributed by atoms with Crippen molar-refractivity contribution in [2.45, 2.75) is 91.7 Å². The minimum absolute atomic E-state index is 0.192. The maximum atomic E-state index is 15.2. The van der Waals surface area contributed by atoms with Gasteiger partial charge in [0.15, 0.2) is 0 Å². The quantitative estimate of drug-likeness (QED) is 0.467. The lowest BCUT2D eigenvalue weighted by molar-refractivity contribution is -0.116. The van der Waals surface area contributed by atoms with Gasteiger partial charge in [-0.2, -0.15) is 0 Å². The topological polar surface area (TPSA) is 17.1 Å². The molecule has 0 saturated heterocycles. The van der Waals surface area contributed by atoms with E-state index in [1.54, 1.807) is 13.8 Å². The number of halogens is 1. The Bertz CT molecular complexity index is 517. The van der Waals surface area contributed by atoms with Crippen LogP contribution in [-0.4, -0.2) is 5.78 Å². The first-order chi connectivity index (χ1) is 10.8. The van der Waals surface area contributed by atoms with Crippen molar-refractivity contribution in [3.8, 4) is 0 Å². The van der Waals surface area contributed by atoms with Gasteiger partial charge in [0.05, 0.1) is 0 Å². The first-order valence-electron chi connectivity index (χ1n) is 9.13. The Hall–Kier alpha value is -1.18. The van der Waals surface area contributed by atoms with Crippen molar-refractivity contribution in [3.63, 3.8) is 0 Å². The van der Waals surface area contributed by atoms with Gasteiger partial charge in [-0.3, -0.25) is 0 Å². The van der Waals surface area contributed by atoms with Crippen molar-refractivity contribution >= 4 is 5.78 Å². The average Bonchev–Trinajstić information content (AvgIpc) is 2.48. The molecule has 0 aliphatic rings. The highest BCUT2D eigenvalue weighted by molar-refractivity contribution is 5.75. The molecule has 1 atom stereocenters. The van der Waals surface area contributed by atoms with Crippen LogP contribution >= 0.6 is 0 Å². The molecule has 0 aliphatic carbocycles. The summed E-state index contributed by atoms with van der Waals surface area (Å²) in [6.45, 7) is 9.72. The molecule has 1 aromatic rings. The summed E-state index contributed by atoms with van der Waals surface area (Å²) < 4.78 is 15.2. The normalized spacial score (nSPS) is 13.8. The van der Waals surface area contributed by atoms with Gasteiger partial charge in [0.25, 0.3) is 0 Å². The number of hydrogen-bond donors (Lipinski definition) is 0. The molecular weight excluding hydrogens is 287 g/mol. The molecule has 130 valence electrons. The zero-order valence-electron chi connectivity index (χ0n) is 15.6. The highest BCUT2D eigenvalue weighted by Gasteiger charge is 2.26. The lowest BCUT2D eigenvalue weighted by atomic mass is 9.85. The average molecular weight is 320 g/mol. The third kappa shape index (κ3) is 6.08. The smallest absolute Gasteiger partial charge is 0.133 e. The van der Waals surface area contributed by atoms with Crippen LogP contribution in [0.5, 0.6) is 0 Å². The molecule has 0 bridgehead atoms. The molecule has 1 aromatic carbocycles. The van der Waals surface area contributed by atoms with Crippen molar-refractivity contribution in [1.82, 2.24) is 0 Å². The third-order valence-electron chi connectivity index (χ3n) is 4.74. The summed E-state index contributed by atoms with van der Waals surface area (Å²) in [6.07, 6.45) is 6.95. The Balaban J connectivity index is 3.12. The van der Waals surface area contributed by atoms with Gasteiger partial charge in [-0.15, -0.1) is 0 Å². The monoisotopic (exact) mass is 320 g/mol. The van der Waals surface area contributed by atoms with Gasteiger partial charge >= 0.3 is 0 Å². The molecule has 0 radical (unpaired) electrons. The number of aryl methyl sites for hydroxylation is 2. The Labute approximate surface area is 141 Å². The van der Waals surface area contributed by atoms with Crippen LogP contribution in [0.1, 0.15) is 88.5 Å². The molecule has 0 saturated carbocycles. The summed E-state index contributed by atoms with van der Waals surface area (Å²) in [6, 6.07) is 4.06. The predicted octanol–water partition coefficient (Wildman–Crippen LogP) is 6.23. The van der Waals surface area contributed by atoms with Crippen molar-refractivity contribution < 1.29 is 9.18 Å². The Morgan fingerprint density at radius 2 is 1.70 bits per heavy atom. The number of unbranched alkanes of at least 4 members (excludes halogenated alkanes) is 2. The van der Waals surface area contributed by atoms with Crippen LogP contribution in [0.2, 0.25) is 0 Å². The summed E-state index contributed by atoms with van der Waals surface area (Å²) in [5.41, 5.74) is 3.13. The lowest BCUT2D eigenvalue weighted by Crippen LogP contribution is -2.17. The number of Topliss-reactive ketones (excluding diaryl/α,β-unsaturated/α-hetero) is 1. The molecule has 1 rings (SSSR count). The molecule has 23 heavy (non-hydrogen) atoms. The predicted molar refractivity (Wildman–Crippen MR) is 96.8 cm³/mol. The second-order valence-corrected chi connectivity index (χ2v) is 7.03. The highest BCUT2D eigenvalue weighted by atomic mass is 19.1. The molecule has 0 spiro atoms. The van der Waals surface area contributed by atoms with Gasteiger partial charge in [-0.1, -0.05) is 45.2 Å². The summed E-state index contributed by atoms with van der Waals surface area (Å²) in [5.74, 6) is 0.192. The van der Waals surface area contributed by atoms with Gasteiger partial charge < -0.3 is 4.79 Å². The molecule has 0 aromatic heterocycles. The molecule has 1 unspecified atom stereocenters. The number of carbonyl (C=O) groups excluding carboxylic acids is 1. The molecule has 0 N–H and O–H groups in total. The number of rotatable bonds is 10. The molecule has 0 amide bonds. The third-order valence-corrected chi connectivity index (χ3v) is 4.74. The number of alkyl halides is 1. The molecule has 2 heteroatoms. The number of benzene rings is 1. The van der Waals surface area contributed by atoms with Crippen LogP contribution in [0.15, 0.2) is 12.1 Å². The van der Waals surface area contributed by atoms with E-state index in [9.17, 15) is 4.79 Å². The van der Waals surface area contributed by atoms with Crippen molar-refractivity contribution in [3.05, 3.63) is 34.4 Å². The minimum atomic E-state index is -1.28. The second kappa shape index (κ2) is 9.20. The van der Waals surface area contributed by atoms with Crippen molar-refractivity contribution in [2.24, 2.45) is 0 Å². The lowest BCUT2D eigenvalue weighted by Gasteiger charge is -2.24. The van der Waals surface area contributed by atoms with Gasteiger partial charge in [-0.25, -0.2) is 4.39 Å². The van der Waals surface area contributed by atoms with Crippen LogP contribution in [0, 0.1) is 6.92 Å². The first kappa shape index (κ1) is 19.9. The summed E-state index contributed by atoms with van der Waals surface area (Å²) >= 11 is 0. The molecular formula is C21H33FO. The van der Waals surface area contributed by atoms with Gasteiger partial charge in [0.1, 0.15) is 11.5 Å². The van der Waals surface area contributed by atoms with E-state index in [4.69, 9.17) is 0 Å². The van der Waals surface area contributed by atoms with E-state index in [2.05, 4.69) is 26.8 Å². The maximum absolute atomic E-state index is 15.2. The number of ketones is 1. The van der Waals surface area contributed by atoms with Crippen LogP contribution in [0.25, 0.3) is 0 Å². The molecule has 0 heterocycles. The van der Waals surface area contributed by atoms with Gasteiger partial charge in [0, 0.05) is 6.42 Å². The van der Waals surface area contributed by atoms with E-state index >= 15 is 4.39 Å². The van der Waals surface area contributed by atoms with Crippen molar-refractivity contribution in [1.29, 1.82) is 0 Å². The maximum Gasteiger partial charge on any atom is 0.133 e. The van der Waals surface area contributed by atoms with Crippen LogP contribution in [0.3, 0.4) is 0 Å². The number of hydrogen-bond acceptors (Lipinski definition) is 1. The van der Waals surface area contributed by atoms with Gasteiger partial charge in [0.2, 0.25) is 0 Å². The summed E-state index contributed by atoms with van der Waals surface area (Å²) in [7, 11) is 0. The summed E-state index contributed by atoms with van der Waals surface area (Å²) in [4.78, 5) is 11.3. The fourth-order valence-electron chi connectivity index (χ4n) is 3.09. The second-order valence-electron chi connectivity index (χ2n) is 7.03. The standard InChI is InChI=1S/C21H33FO/c1-6-8-9-13-21(5,22)20-14-18(10-7-2)17(4)19(15-20)12-11-16(3)23/h14-15H,6-13H2,1-5H3. The van der Waals surface area contributed by atoms with Crippen LogP contribution in [-0.2, 0) is 23.3 Å². The fraction of sp³-hybridized carbons (Fsp3) is 0.667. The van der Waals surface area contributed by atoms with E-state index in [-0.39, 0.29) is 5.78 Å². The minimum Gasteiger partial charge on any atom is -0.300 e. The van der Waals surface area contributed by atoms with Gasteiger partial charge in [-0.05, 0) is 68.7 Å². The fourth-order valence-corrected chi connectivity index (χ4v) is 3.09. The highest BCUT2D eigenvalue weighted by Crippen LogP contribution is 2.34. The molecule has 0 fully saturated rings. The Morgan fingerprint density at radius 3 is 2.22 bits per heavy atom. The molecule has 1 nitrogen and oxygen atoms in total. The zero-order chi connectivity index (χ0) is 17.5. The van der Waals surface area contributed by atoms with E-state index in [1.807, 2.05) is 6.07 Å². The van der Waals surface area contributed by atoms with E-state index in [0.717, 1.165) is 49.7 Å². The SMILES string of the molecule is CCCCCC(C)(F)c1cc(CCC)c(C)c(CCC(C)=O)c1. The van der Waals surface area contributed by atoms with E-state index in [0.29, 0.717) is 12.8 Å². The number of carbonyl (C=O) groups is 1. The first-order valence-corrected chi connectivity index (χ1v) is 9.13. The van der Waals surface area contributed by atoms with Crippen molar-refractivity contribution in [2.75, 3.05) is 0 Å². The molecule has 0 aliphatic heterocycles. The summed E-state index contributed by atoms with van der Waals surface area (Å²) in [5, 5.41) is 0. The van der Waals surface area contributed by atoms with E-state index < -0.39 is 5.67 Å². The largest absolute Gasteiger partial charge is 0.300 e. The van der Waals surface area contributed by atoms with Crippen LogP contribution in [0.4, 0.5) is 4.39 Å². The van der Waals surface area contributed by atoms with Crippen LogP contribution < -0.4 is 0 Å². The zero-order valence-corrected chi connectivity index (χ0v) is 15.6. The van der Waals surface area contributed by atoms with E-state index in [1.165, 1.54) is 11.1 Å². The Kier molecular flexibility index (Phi) is 7.94. The Morgan fingerprint density at radius 1 is 1.09 bits per heavy atom.